The van der Waals surface area contributed by atoms with Crippen LogP contribution in [0.2, 0.25) is 5.02 Å². The molecule has 6 nitrogen and oxygen atoms in total. The molecule has 0 aliphatic heterocycles. The van der Waals surface area contributed by atoms with E-state index in [4.69, 9.17) is 21.1 Å². The van der Waals surface area contributed by atoms with Gasteiger partial charge in [0.05, 0.1) is 24.6 Å². The fraction of sp³-hybridized carbons (Fsp3) is 0.200. The molecule has 0 bridgehead atoms. The Hall–Kier alpha value is -2.97. The fourth-order valence-corrected chi connectivity index (χ4v) is 3.21. The molecule has 0 aliphatic carbocycles. The zero-order valence-corrected chi connectivity index (χ0v) is 16.2. The Balaban J connectivity index is 2.13. The van der Waals surface area contributed by atoms with Gasteiger partial charge in [-0.15, -0.1) is 0 Å². The summed E-state index contributed by atoms with van der Waals surface area (Å²) in [6, 6.07) is 5.12. The monoisotopic (exact) mass is 423 g/mol. The number of carbonyl (C=O) groups excluding carboxylic acids is 1. The van der Waals surface area contributed by atoms with E-state index in [0.717, 1.165) is 0 Å². The van der Waals surface area contributed by atoms with Gasteiger partial charge in [-0.05, 0) is 30.7 Å². The van der Waals surface area contributed by atoms with Crippen molar-refractivity contribution in [3.05, 3.63) is 68.5 Å². The van der Waals surface area contributed by atoms with E-state index in [9.17, 15) is 23.5 Å². The van der Waals surface area contributed by atoms with Gasteiger partial charge >= 0.3 is 5.97 Å². The molecule has 29 heavy (non-hydrogen) atoms. The molecule has 0 radical (unpaired) electrons. The molecule has 3 aromatic rings. The van der Waals surface area contributed by atoms with Crippen molar-refractivity contribution in [3.8, 4) is 11.5 Å². The third-order valence-electron chi connectivity index (χ3n) is 4.37. The highest BCUT2D eigenvalue weighted by Crippen LogP contribution is 2.30. The first-order valence-electron chi connectivity index (χ1n) is 8.52. The average molecular weight is 424 g/mol. The van der Waals surface area contributed by atoms with Crippen molar-refractivity contribution in [1.29, 1.82) is 0 Å². The number of nitrogens with zero attached hydrogens (tertiary/aromatic N) is 1. The van der Waals surface area contributed by atoms with Gasteiger partial charge in [-0.2, -0.15) is 0 Å². The van der Waals surface area contributed by atoms with Gasteiger partial charge in [-0.1, -0.05) is 17.7 Å². The highest BCUT2D eigenvalue weighted by Gasteiger charge is 2.23. The van der Waals surface area contributed by atoms with Crippen molar-refractivity contribution < 1.29 is 28.2 Å². The normalized spacial score (nSPS) is 11.0. The van der Waals surface area contributed by atoms with Crippen LogP contribution in [0, 0.1) is 11.6 Å². The number of aliphatic hydroxyl groups is 1. The molecule has 3 rings (SSSR count). The highest BCUT2D eigenvalue weighted by molar-refractivity contribution is 6.35. The number of hydrogen-bond acceptors (Lipinski definition) is 5. The lowest BCUT2D eigenvalue weighted by molar-refractivity contribution is 0.0727. The first kappa shape index (κ1) is 20.8. The van der Waals surface area contributed by atoms with Crippen LogP contribution in [0.25, 0.3) is 10.9 Å². The second-order valence-electron chi connectivity index (χ2n) is 6.07. The van der Waals surface area contributed by atoms with Crippen molar-refractivity contribution in [2.24, 2.45) is 0 Å². The van der Waals surface area contributed by atoms with E-state index >= 15 is 0 Å². The van der Waals surface area contributed by atoms with Crippen LogP contribution in [0.3, 0.4) is 0 Å². The molecule has 9 heteroatoms. The van der Waals surface area contributed by atoms with Crippen LogP contribution < -0.4 is 14.9 Å². The zero-order valence-electron chi connectivity index (χ0n) is 15.5. The third-order valence-corrected chi connectivity index (χ3v) is 4.72. The maximum Gasteiger partial charge on any atom is 0.349 e. The van der Waals surface area contributed by atoms with Crippen LogP contribution in [0.5, 0.6) is 11.5 Å². The number of aryl methyl sites for hydroxylation is 1. The smallest absolute Gasteiger partial charge is 0.349 e. The Bertz CT molecular complexity index is 1180. The minimum Gasteiger partial charge on any atom is -0.493 e. The Morgan fingerprint density at radius 2 is 1.97 bits per heavy atom. The van der Waals surface area contributed by atoms with Gasteiger partial charge in [0.1, 0.15) is 10.6 Å². The lowest BCUT2D eigenvalue weighted by atomic mass is 10.1. The van der Waals surface area contributed by atoms with Gasteiger partial charge in [0.25, 0.3) is 0 Å². The summed E-state index contributed by atoms with van der Waals surface area (Å²) in [7, 11) is 1.35. The van der Waals surface area contributed by atoms with Crippen LogP contribution in [0.1, 0.15) is 22.8 Å². The maximum atomic E-state index is 13.9. The topological polar surface area (TPSA) is 77.8 Å². The second kappa shape index (κ2) is 8.18. The minimum absolute atomic E-state index is 0.0144. The standard InChI is InChI=1S/C20H16ClF2NO5/c1-3-24-8-12(19(26)11-7-13(22)17(23)16(21)18(11)24)20(27)29-14-5-4-10(9-25)6-15(14)28-2/h4-8,25H,3,9H2,1-2H3. The van der Waals surface area contributed by atoms with E-state index in [0.29, 0.717) is 11.6 Å². The van der Waals surface area contributed by atoms with Crippen LogP contribution >= 0.6 is 11.6 Å². The van der Waals surface area contributed by atoms with Crippen LogP contribution in [-0.4, -0.2) is 22.8 Å². The largest absolute Gasteiger partial charge is 0.493 e. The summed E-state index contributed by atoms with van der Waals surface area (Å²) in [5.41, 5.74) is -0.705. The lowest BCUT2D eigenvalue weighted by Crippen LogP contribution is -2.23. The second-order valence-corrected chi connectivity index (χ2v) is 6.45. The van der Waals surface area contributed by atoms with Gasteiger partial charge in [-0.25, -0.2) is 13.6 Å². The molecule has 0 aliphatic rings. The SMILES string of the molecule is CCn1cc(C(=O)Oc2ccc(CO)cc2OC)c(=O)c2cc(F)c(F)c(Cl)c21. The molecular formula is C20H16ClF2NO5. The number of benzene rings is 2. The first-order chi connectivity index (χ1) is 13.8. The summed E-state index contributed by atoms with van der Waals surface area (Å²) in [6.07, 6.45) is 1.19. The number of halogens is 3. The number of methoxy groups -OCH3 is 1. The number of fused-ring (bicyclic) bond motifs is 1. The van der Waals surface area contributed by atoms with Crippen LogP contribution in [-0.2, 0) is 13.2 Å². The molecule has 0 saturated carbocycles. The van der Waals surface area contributed by atoms with E-state index in [1.54, 1.807) is 6.92 Å². The molecule has 0 amide bonds. The highest BCUT2D eigenvalue weighted by atomic mass is 35.5. The van der Waals surface area contributed by atoms with Gasteiger partial charge in [0.15, 0.2) is 23.1 Å². The predicted octanol–water partition coefficient (Wildman–Crippen LogP) is 3.67. The summed E-state index contributed by atoms with van der Waals surface area (Å²) in [5.74, 6) is -3.37. The van der Waals surface area contributed by atoms with Gasteiger partial charge in [-0.3, -0.25) is 4.79 Å². The molecule has 1 aromatic heterocycles. The summed E-state index contributed by atoms with van der Waals surface area (Å²) < 4.78 is 39.4. The minimum atomic E-state index is -1.30. The quantitative estimate of drug-likeness (QED) is 0.385. The summed E-state index contributed by atoms with van der Waals surface area (Å²) in [6.45, 7) is 1.68. The van der Waals surface area contributed by atoms with Crippen molar-refractivity contribution in [2.45, 2.75) is 20.1 Å². The number of ether oxygens (including phenoxy) is 2. The predicted molar refractivity (Wildman–Crippen MR) is 103 cm³/mol. The summed E-state index contributed by atoms with van der Waals surface area (Å²) >= 11 is 5.89. The number of aromatic nitrogens is 1. The van der Waals surface area contributed by atoms with Gasteiger partial charge < -0.3 is 19.1 Å². The van der Waals surface area contributed by atoms with Gasteiger partial charge in [0, 0.05) is 12.7 Å². The molecule has 0 atom stereocenters. The number of carbonyl (C=O) groups is 1. The summed E-state index contributed by atoms with van der Waals surface area (Å²) in [4.78, 5) is 25.4. The van der Waals surface area contributed by atoms with Crippen molar-refractivity contribution in [3.63, 3.8) is 0 Å². The number of aliphatic hydroxyl groups excluding tert-OH is 1. The molecule has 2 aromatic carbocycles. The Kier molecular flexibility index (Phi) is 5.86. The van der Waals surface area contributed by atoms with Crippen molar-refractivity contribution in [1.82, 2.24) is 4.57 Å². The molecule has 0 spiro atoms. The number of rotatable bonds is 5. The Morgan fingerprint density at radius 3 is 2.59 bits per heavy atom. The Morgan fingerprint density at radius 1 is 1.24 bits per heavy atom. The average Bonchev–Trinajstić information content (AvgIpc) is 2.72. The van der Waals surface area contributed by atoms with E-state index < -0.39 is 28.1 Å². The van der Waals surface area contributed by atoms with E-state index in [2.05, 4.69) is 0 Å². The third kappa shape index (κ3) is 3.68. The molecule has 1 N–H and O–H groups in total. The molecule has 0 unspecified atom stereocenters. The number of pyridine rings is 1. The fourth-order valence-electron chi connectivity index (χ4n) is 2.91. The molecule has 0 saturated heterocycles. The summed E-state index contributed by atoms with van der Waals surface area (Å²) in [5, 5.41) is 8.41. The molecular weight excluding hydrogens is 408 g/mol. The molecule has 0 fully saturated rings. The Labute approximate surface area is 168 Å². The van der Waals surface area contributed by atoms with Crippen molar-refractivity contribution >= 4 is 28.5 Å². The number of esters is 1. The van der Waals surface area contributed by atoms with E-state index in [-0.39, 0.29) is 41.1 Å². The van der Waals surface area contributed by atoms with Gasteiger partial charge in [0.2, 0.25) is 5.43 Å². The van der Waals surface area contributed by atoms with Crippen LogP contribution in [0.15, 0.2) is 35.3 Å². The molecule has 152 valence electrons. The lowest BCUT2D eigenvalue weighted by Gasteiger charge is -2.14. The first-order valence-corrected chi connectivity index (χ1v) is 8.90. The van der Waals surface area contributed by atoms with Crippen LogP contribution in [0.4, 0.5) is 8.78 Å². The molecule has 1 heterocycles. The number of hydrogen-bond donors (Lipinski definition) is 1. The van der Waals surface area contributed by atoms with E-state index in [1.165, 1.54) is 36.1 Å². The van der Waals surface area contributed by atoms with E-state index in [1.807, 2.05) is 0 Å². The maximum absolute atomic E-state index is 13.9. The van der Waals surface area contributed by atoms with Crippen molar-refractivity contribution in [2.75, 3.05) is 7.11 Å². The zero-order chi connectivity index (χ0) is 21.3.